The molecule has 2 saturated heterocycles. The van der Waals surface area contributed by atoms with Gasteiger partial charge in [-0.15, -0.1) is 0 Å². The fraction of sp³-hybridized carbons (Fsp3) is 0.618. The second-order valence-corrected chi connectivity index (χ2v) is 14.7. The van der Waals surface area contributed by atoms with E-state index in [1.165, 1.54) is 6.42 Å². The average Bonchev–Trinajstić information content (AvgIpc) is 3.25. The first-order valence-corrected chi connectivity index (χ1v) is 15.8. The Balaban J connectivity index is 1.12. The first-order chi connectivity index (χ1) is 20.2. The second-order valence-electron chi connectivity index (χ2n) is 14.7. The molecule has 8 nitrogen and oxygen atoms in total. The lowest BCUT2D eigenvalue weighted by atomic mass is 9.43. The van der Waals surface area contributed by atoms with Gasteiger partial charge in [0.2, 0.25) is 5.91 Å². The van der Waals surface area contributed by atoms with Crippen LogP contribution in [-0.2, 0) is 31.7 Å². The molecule has 3 heterocycles. The molecule has 230 valence electrons. The van der Waals surface area contributed by atoms with E-state index in [0.717, 1.165) is 23.2 Å². The average molecular weight is 589 g/mol. The molecule has 2 aromatic rings. The Kier molecular flexibility index (Phi) is 7.65. The van der Waals surface area contributed by atoms with Crippen molar-refractivity contribution in [2.45, 2.75) is 104 Å². The molecule has 3 saturated carbocycles. The summed E-state index contributed by atoms with van der Waals surface area (Å²) in [6.45, 7) is 15.5. The number of aryl methyl sites for hydroxylation is 1. The molecular formula is C34H45BN2O6. The van der Waals surface area contributed by atoms with Crippen LogP contribution in [-0.4, -0.2) is 65.4 Å². The van der Waals surface area contributed by atoms with Gasteiger partial charge < -0.3 is 23.7 Å². The Morgan fingerprint density at radius 1 is 1.12 bits per heavy atom. The maximum Gasteiger partial charge on any atom is 0.457 e. The fourth-order valence-electron chi connectivity index (χ4n) is 7.70. The number of hydrogen-bond donors (Lipinski definition) is 0. The number of pyridine rings is 1. The van der Waals surface area contributed by atoms with Crippen LogP contribution < -0.4 is 4.74 Å². The van der Waals surface area contributed by atoms with E-state index in [9.17, 15) is 9.59 Å². The molecule has 7 rings (SSSR count). The first kappa shape index (κ1) is 30.1. The summed E-state index contributed by atoms with van der Waals surface area (Å²) in [5.41, 5.74) is 2.52. The standard InChI is InChI=1S/C34H45BN2O6/c1-21-22(13-14-35-42-28-17-23-16-27(33(23,5)6)34(28,7)43-35)11-12-26(30(21)31(39)41-32(2,3)4)40-25-19-37(20-25)29(38)18-24-10-8-9-15-36-24/h8-12,15,23,25,27-28H,13-14,16-20H2,1-7H3/t23-,27-,28+,34-/m0/s1. The summed E-state index contributed by atoms with van der Waals surface area (Å²) in [6.07, 6.45) is 5.64. The van der Waals surface area contributed by atoms with Gasteiger partial charge in [-0.2, -0.15) is 0 Å². The van der Waals surface area contributed by atoms with Crippen LogP contribution in [0.3, 0.4) is 0 Å². The predicted octanol–water partition coefficient (Wildman–Crippen LogP) is 5.45. The molecule has 2 aliphatic heterocycles. The highest BCUT2D eigenvalue weighted by Crippen LogP contribution is 2.65. The van der Waals surface area contributed by atoms with Crippen molar-refractivity contribution in [1.29, 1.82) is 0 Å². The van der Waals surface area contributed by atoms with E-state index in [1.807, 2.05) is 58.0 Å². The van der Waals surface area contributed by atoms with Crippen molar-refractivity contribution in [2.75, 3.05) is 13.1 Å². The Labute approximate surface area is 256 Å². The largest absolute Gasteiger partial charge is 0.486 e. The number of likely N-dealkylation sites (tertiary alicyclic amines) is 1. The van der Waals surface area contributed by atoms with Gasteiger partial charge in [-0.1, -0.05) is 26.0 Å². The number of nitrogens with zero attached hydrogens (tertiary/aromatic N) is 2. The molecule has 0 unspecified atom stereocenters. The maximum atomic E-state index is 13.5. The summed E-state index contributed by atoms with van der Waals surface area (Å²) >= 11 is 0. The quantitative estimate of drug-likeness (QED) is 0.300. The monoisotopic (exact) mass is 588 g/mol. The predicted molar refractivity (Wildman–Crippen MR) is 164 cm³/mol. The molecule has 9 heteroatoms. The summed E-state index contributed by atoms with van der Waals surface area (Å²) in [5.74, 6) is 1.34. The highest BCUT2D eigenvalue weighted by Gasteiger charge is 2.67. The first-order valence-electron chi connectivity index (χ1n) is 15.8. The number of amides is 1. The van der Waals surface area contributed by atoms with Crippen molar-refractivity contribution >= 4 is 19.0 Å². The lowest BCUT2D eigenvalue weighted by Crippen LogP contribution is -2.65. The summed E-state index contributed by atoms with van der Waals surface area (Å²) in [4.78, 5) is 32.2. The third-order valence-electron chi connectivity index (χ3n) is 10.3. The Morgan fingerprint density at radius 2 is 1.88 bits per heavy atom. The maximum absolute atomic E-state index is 13.5. The number of aromatic nitrogens is 1. The smallest absolute Gasteiger partial charge is 0.457 e. The normalized spacial score (nSPS) is 27.7. The lowest BCUT2D eigenvalue weighted by Gasteiger charge is -2.64. The van der Waals surface area contributed by atoms with Crippen LogP contribution in [0.2, 0.25) is 6.32 Å². The van der Waals surface area contributed by atoms with Gasteiger partial charge in [0.15, 0.2) is 0 Å². The van der Waals surface area contributed by atoms with Crippen molar-refractivity contribution in [3.63, 3.8) is 0 Å². The number of esters is 1. The van der Waals surface area contributed by atoms with E-state index in [-0.39, 0.29) is 37.3 Å². The van der Waals surface area contributed by atoms with E-state index in [0.29, 0.717) is 54.4 Å². The van der Waals surface area contributed by atoms with Gasteiger partial charge in [0, 0.05) is 11.9 Å². The summed E-state index contributed by atoms with van der Waals surface area (Å²) in [6, 6.07) is 9.47. The summed E-state index contributed by atoms with van der Waals surface area (Å²) < 4.78 is 25.2. The molecule has 1 aromatic carbocycles. The van der Waals surface area contributed by atoms with Crippen molar-refractivity contribution in [3.8, 4) is 5.75 Å². The van der Waals surface area contributed by atoms with Crippen LogP contribution in [0.1, 0.15) is 81.6 Å². The van der Waals surface area contributed by atoms with Crippen molar-refractivity contribution < 1.29 is 28.4 Å². The van der Waals surface area contributed by atoms with Crippen molar-refractivity contribution in [2.24, 2.45) is 17.3 Å². The van der Waals surface area contributed by atoms with Gasteiger partial charge in [-0.25, -0.2) is 4.79 Å². The minimum atomic E-state index is -0.645. The van der Waals surface area contributed by atoms with Crippen molar-refractivity contribution in [3.05, 3.63) is 58.9 Å². The van der Waals surface area contributed by atoms with E-state index in [2.05, 4.69) is 25.8 Å². The fourth-order valence-corrected chi connectivity index (χ4v) is 7.70. The van der Waals surface area contributed by atoms with E-state index >= 15 is 0 Å². The molecule has 0 radical (unpaired) electrons. The van der Waals surface area contributed by atoms with Gasteiger partial charge in [-0.3, -0.25) is 9.78 Å². The number of ether oxygens (including phenoxy) is 2. The number of rotatable bonds is 8. The van der Waals surface area contributed by atoms with Crippen LogP contribution in [0.5, 0.6) is 5.75 Å². The van der Waals surface area contributed by atoms with Crippen molar-refractivity contribution in [1.82, 2.24) is 9.88 Å². The molecule has 2 bridgehead atoms. The molecule has 4 atom stereocenters. The molecule has 43 heavy (non-hydrogen) atoms. The minimum absolute atomic E-state index is 0.0169. The SMILES string of the molecule is Cc1c(CCB2O[C@@H]3C[C@@H]4C[C@@H](C4(C)C)[C@]3(C)O2)ccc(OC2CN(C(=O)Cc3ccccn3)C2)c1C(=O)OC(C)(C)C. The van der Waals surface area contributed by atoms with E-state index in [1.54, 1.807) is 11.1 Å². The molecular weight excluding hydrogens is 543 g/mol. The Hall–Kier alpha value is -2.91. The summed E-state index contributed by atoms with van der Waals surface area (Å²) in [5, 5.41) is 0. The number of hydrogen-bond acceptors (Lipinski definition) is 7. The van der Waals surface area contributed by atoms with Crippen LogP contribution in [0, 0.1) is 24.2 Å². The zero-order valence-corrected chi connectivity index (χ0v) is 26.6. The molecule has 1 aromatic heterocycles. The Morgan fingerprint density at radius 3 is 2.56 bits per heavy atom. The van der Waals surface area contributed by atoms with Gasteiger partial charge in [-0.05, 0) is 107 Å². The lowest BCUT2D eigenvalue weighted by molar-refractivity contribution is -0.199. The molecule has 5 aliphatic rings. The number of carbonyl (C=O) groups is 2. The number of carbonyl (C=O) groups excluding carboxylic acids is 2. The second kappa shape index (κ2) is 10.9. The van der Waals surface area contributed by atoms with Crippen LogP contribution in [0.15, 0.2) is 36.5 Å². The molecule has 3 aliphatic carbocycles. The van der Waals surface area contributed by atoms with Crippen LogP contribution in [0.25, 0.3) is 0 Å². The molecule has 5 fully saturated rings. The van der Waals surface area contributed by atoms with Gasteiger partial charge in [0.1, 0.15) is 23.0 Å². The number of benzene rings is 1. The minimum Gasteiger partial charge on any atom is -0.486 e. The molecule has 0 N–H and O–H groups in total. The van der Waals surface area contributed by atoms with E-state index in [4.69, 9.17) is 18.8 Å². The Bertz CT molecular complexity index is 1390. The van der Waals surface area contributed by atoms with Crippen LogP contribution in [0.4, 0.5) is 0 Å². The van der Waals surface area contributed by atoms with Gasteiger partial charge in [0.05, 0.1) is 31.2 Å². The van der Waals surface area contributed by atoms with Gasteiger partial charge in [0.25, 0.3) is 0 Å². The third-order valence-corrected chi connectivity index (χ3v) is 10.3. The van der Waals surface area contributed by atoms with E-state index < -0.39 is 11.6 Å². The zero-order valence-electron chi connectivity index (χ0n) is 26.6. The highest BCUT2D eigenvalue weighted by molar-refractivity contribution is 6.45. The summed E-state index contributed by atoms with van der Waals surface area (Å²) in [7, 11) is -0.255. The van der Waals surface area contributed by atoms with Crippen LogP contribution >= 0.6 is 0 Å². The highest BCUT2D eigenvalue weighted by atomic mass is 16.7. The third kappa shape index (κ3) is 5.71. The topological polar surface area (TPSA) is 87.2 Å². The van der Waals surface area contributed by atoms with Gasteiger partial charge >= 0.3 is 13.1 Å². The zero-order chi connectivity index (χ0) is 30.7. The molecule has 1 amide bonds. The molecule has 0 spiro atoms.